The number of β-lactam (4-membered cyclic amide) rings is 1. The Morgan fingerprint density at radius 3 is 3.00 bits per heavy atom. The maximum absolute atomic E-state index is 12.9. The number of aromatic nitrogens is 3. The van der Waals surface area contributed by atoms with Gasteiger partial charge in [0.05, 0.1) is 23.3 Å². The first kappa shape index (κ1) is 22.4. The molecule has 0 saturated carbocycles. The fourth-order valence-corrected chi connectivity index (χ4v) is 5.26. The van der Waals surface area contributed by atoms with E-state index in [4.69, 9.17) is 10.2 Å². The molecule has 1 unspecified atom stereocenters. The summed E-state index contributed by atoms with van der Waals surface area (Å²) in [6.45, 7) is 0.179. The first-order chi connectivity index (χ1) is 16.9. The van der Waals surface area contributed by atoms with Crippen molar-refractivity contribution in [3.05, 3.63) is 47.8 Å². The Hall–Kier alpha value is -4.40. The number of carbonyl (C=O) groups excluding carboxylic acids is 3. The zero-order chi connectivity index (χ0) is 24.7. The lowest BCUT2D eigenvalue weighted by Gasteiger charge is -2.50. The van der Waals surface area contributed by atoms with Crippen LogP contribution in [0.25, 0.3) is 11.1 Å². The van der Waals surface area contributed by atoms with Crippen molar-refractivity contribution in [2.45, 2.75) is 18.0 Å². The number of rotatable bonds is 7. The van der Waals surface area contributed by atoms with E-state index in [9.17, 15) is 19.5 Å². The molecule has 180 valence electrons. The summed E-state index contributed by atoms with van der Waals surface area (Å²) < 4.78 is 11.9. The van der Waals surface area contributed by atoms with Crippen LogP contribution in [0.5, 0.6) is 0 Å². The van der Waals surface area contributed by atoms with Crippen molar-refractivity contribution in [2.75, 3.05) is 18.6 Å². The van der Waals surface area contributed by atoms with Crippen LogP contribution in [0.3, 0.4) is 0 Å². The number of carboxylic acid groups (broad SMARTS) is 1. The summed E-state index contributed by atoms with van der Waals surface area (Å²) in [5, 5.41) is 21.9. The van der Waals surface area contributed by atoms with Crippen LogP contribution in [0.4, 0.5) is 6.01 Å². The molecule has 5 rings (SSSR count). The van der Waals surface area contributed by atoms with Crippen LogP contribution in [0, 0.1) is 0 Å². The largest absolute Gasteiger partial charge is 0.543 e. The zero-order valence-electron chi connectivity index (χ0n) is 18.0. The van der Waals surface area contributed by atoms with Crippen molar-refractivity contribution >= 4 is 52.4 Å². The van der Waals surface area contributed by atoms with Gasteiger partial charge in [-0.1, -0.05) is 10.3 Å². The number of thioether (sulfide) groups is 1. The number of nitrogens with two attached hydrogens (primary N) is 1. The van der Waals surface area contributed by atoms with Gasteiger partial charge in [-0.2, -0.15) is 9.55 Å². The van der Waals surface area contributed by atoms with Crippen LogP contribution in [0.15, 0.2) is 56.0 Å². The molecule has 0 aliphatic carbocycles. The molecule has 3 aromatic heterocycles. The fourth-order valence-electron chi connectivity index (χ4n) is 3.93. The van der Waals surface area contributed by atoms with Crippen LogP contribution < -0.4 is 20.7 Å². The second-order valence-electron chi connectivity index (χ2n) is 7.50. The van der Waals surface area contributed by atoms with E-state index in [0.29, 0.717) is 11.3 Å². The number of pyridine rings is 1. The third-order valence-corrected chi connectivity index (χ3v) is 6.76. The number of aliphatic carboxylic acids is 1. The third kappa shape index (κ3) is 3.84. The number of oxime groups is 1. The lowest BCUT2D eigenvalue weighted by Crippen LogP contribution is -2.71. The molecule has 14 nitrogen and oxygen atoms in total. The predicted molar refractivity (Wildman–Crippen MR) is 116 cm³/mol. The number of fused-ring (bicyclic) bond motifs is 2. The van der Waals surface area contributed by atoms with Crippen molar-refractivity contribution in [3.8, 4) is 0 Å². The Morgan fingerprint density at radius 1 is 1.46 bits per heavy atom. The second-order valence-corrected chi connectivity index (χ2v) is 8.60. The number of hydrogen-bond acceptors (Lipinski definition) is 12. The Morgan fingerprint density at radius 2 is 2.29 bits per heavy atom. The van der Waals surface area contributed by atoms with Crippen LogP contribution in [0.2, 0.25) is 0 Å². The predicted octanol–water partition coefficient (Wildman–Crippen LogP) is -1.86. The minimum atomic E-state index is -1.49. The third-order valence-electron chi connectivity index (χ3n) is 5.42. The summed E-state index contributed by atoms with van der Waals surface area (Å²) >= 11 is 1.30. The zero-order valence-corrected chi connectivity index (χ0v) is 18.9. The smallest absolute Gasteiger partial charge is 0.380 e. The molecule has 0 radical (unpaired) electrons. The van der Waals surface area contributed by atoms with Gasteiger partial charge in [0, 0.05) is 17.4 Å². The van der Waals surface area contributed by atoms with E-state index in [-0.39, 0.29) is 35.5 Å². The molecular weight excluding hydrogens is 482 g/mol. The van der Waals surface area contributed by atoms with Crippen LogP contribution in [-0.2, 0) is 25.8 Å². The molecule has 5 heterocycles. The summed E-state index contributed by atoms with van der Waals surface area (Å²) in [5.41, 5.74) is 5.85. The summed E-state index contributed by atoms with van der Waals surface area (Å²) in [4.78, 5) is 47.3. The number of furan rings is 1. The minimum Gasteiger partial charge on any atom is -0.543 e. The topological polar surface area (TPSA) is 193 Å². The summed E-state index contributed by atoms with van der Waals surface area (Å²) in [5.74, 6) is -2.87. The SMILES string of the molecule is CON=C(C(=O)NC1C(=O)N2C(C(=O)[O-])=C(C[n+]3cccc4ccoc43)CS[C@@H]12)c1noc(N)n1. The lowest BCUT2D eigenvalue weighted by atomic mass is 10.0. The molecule has 2 atom stereocenters. The second kappa shape index (κ2) is 8.75. The number of carboxylic acids is 1. The van der Waals surface area contributed by atoms with E-state index in [1.807, 2.05) is 12.1 Å². The van der Waals surface area contributed by atoms with Crippen molar-refractivity contribution < 1.29 is 37.8 Å². The number of carbonyl (C=O) groups is 3. The standard InChI is InChI=1S/C20H17N7O7S/c1-32-24-11(14-23-20(21)34-25-14)15(28)22-12-16(29)27-13(19(30)31)10(8-35-18(12)27)7-26-5-2-3-9-4-6-33-17(9)26/h2-6,12,18H,7-8H2,1H3,(H3-,21,22,23,25,28,30,31)/t12?,18-/m0/s1. The highest BCUT2D eigenvalue weighted by molar-refractivity contribution is 8.00. The van der Waals surface area contributed by atoms with Gasteiger partial charge in [0.2, 0.25) is 11.5 Å². The van der Waals surface area contributed by atoms with Gasteiger partial charge < -0.3 is 34.7 Å². The van der Waals surface area contributed by atoms with Crippen molar-refractivity contribution in [3.63, 3.8) is 0 Å². The highest BCUT2D eigenvalue weighted by Crippen LogP contribution is 2.40. The monoisotopic (exact) mass is 499 g/mol. The van der Waals surface area contributed by atoms with Gasteiger partial charge in [0.1, 0.15) is 18.5 Å². The van der Waals surface area contributed by atoms with Crippen LogP contribution >= 0.6 is 11.8 Å². The molecular formula is C20H17N7O7S. The van der Waals surface area contributed by atoms with E-state index in [2.05, 4.69) is 30.0 Å². The van der Waals surface area contributed by atoms with E-state index >= 15 is 0 Å². The molecule has 0 aromatic carbocycles. The van der Waals surface area contributed by atoms with E-state index < -0.39 is 29.2 Å². The lowest BCUT2D eigenvalue weighted by molar-refractivity contribution is -0.669. The summed E-state index contributed by atoms with van der Waals surface area (Å²) in [6.07, 6.45) is 3.29. The average Bonchev–Trinajstić information content (AvgIpc) is 3.49. The molecule has 1 fully saturated rings. The van der Waals surface area contributed by atoms with Gasteiger partial charge >= 0.3 is 11.7 Å². The Labute approximate surface area is 200 Å². The molecule has 1 saturated heterocycles. The first-order valence-electron chi connectivity index (χ1n) is 10.1. The highest BCUT2D eigenvalue weighted by atomic mass is 32.2. The molecule has 3 aromatic rings. The molecule has 15 heteroatoms. The molecule has 0 spiro atoms. The molecule has 2 aliphatic heterocycles. The number of nitrogen functional groups attached to an aromatic ring is 1. The number of hydrogen-bond donors (Lipinski definition) is 2. The molecule has 2 amide bonds. The van der Waals surface area contributed by atoms with Crippen molar-refractivity contribution in [1.29, 1.82) is 0 Å². The number of anilines is 1. The van der Waals surface area contributed by atoms with Crippen LogP contribution in [-0.4, -0.2) is 62.8 Å². The Balaban J connectivity index is 1.38. The average molecular weight is 499 g/mol. The number of nitrogens with one attached hydrogen (secondary N) is 1. The molecule has 3 N–H and O–H groups in total. The Kier molecular flexibility index (Phi) is 5.60. The minimum absolute atomic E-state index is 0.179. The Bertz CT molecular complexity index is 1410. The van der Waals surface area contributed by atoms with Crippen LogP contribution in [0.1, 0.15) is 5.82 Å². The number of amides is 2. The van der Waals surface area contributed by atoms with E-state index in [0.717, 1.165) is 10.3 Å². The maximum Gasteiger partial charge on any atom is 0.380 e. The molecule has 35 heavy (non-hydrogen) atoms. The van der Waals surface area contributed by atoms with Gasteiger partial charge in [-0.05, 0) is 12.1 Å². The van der Waals surface area contributed by atoms with Gasteiger partial charge in [0.25, 0.3) is 11.8 Å². The van der Waals surface area contributed by atoms with Crippen molar-refractivity contribution in [1.82, 2.24) is 20.4 Å². The van der Waals surface area contributed by atoms with Gasteiger partial charge in [0.15, 0.2) is 12.7 Å². The van der Waals surface area contributed by atoms with Gasteiger partial charge in [-0.15, -0.1) is 11.8 Å². The molecule has 0 bridgehead atoms. The molecule has 2 aliphatic rings. The first-order valence-corrected chi connectivity index (χ1v) is 11.2. The summed E-state index contributed by atoms with van der Waals surface area (Å²) in [6, 6.07) is 4.17. The highest BCUT2D eigenvalue weighted by Gasteiger charge is 2.53. The normalized spacial score (nSPS) is 20.0. The van der Waals surface area contributed by atoms with Gasteiger partial charge in [-0.3, -0.25) is 14.5 Å². The van der Waals surface area contributed by atoms with Crippen molar-refractivity contribution in [2.24, 2.45) is 5.16 Å². The fraction of sp³-hybridized carbons (Fsp3) is 0.250. The van der Waals surface area contributed by atoms with E-state index in [1.54, 1.807) is 16.8 Å². The quantitative estimate of drug-likeness (QED) is 0.160. The van der Waals surface area contributed by atoms with Gasteiger partial charge in [-0.25, -0.2) is 0 Å². The number of nitrogens with zero attached hydrogens (tertiary/aromatic N) is 5. The van der Waals surface area contributed by atoms with E-state index in [1.165, 1.54) is 25.1 Å². The summed E-state index contributed by atoms with van der Waals surface area (Å²) in [7, 11) is 1.21. The maximum atomic E-state index is 12.9.